The van der Waals surface area contributed by atoms with E-state index < -0.39 is 9.05 Å². The maximum absolute atomic E-state index is 11.3. The normalized spacial score (nSPS) is 11.2. The molecule has 0 spiro atoms. The van der Waals surface area contributed by atoms with Crippen LogP contribution in [-0.4, -0.2) is 13.4 Å². The second-order valence-electron chi connectivity index (χ2n) is 3.66. The number of hydrogen-bond acceptors (Lipinski definition) is 4. The van der Waals surface area contributed by atoms with Crippen LogP contribution in [0.3, 0.4) is 0 Å². The Labute approximate surface area is 110 Å². The largest absolute Gasteiger partial charge is 0.438 e. The number of rotatable bonds is 3. The van der Waals surface area contributed by atoms with Crippen molar-refractivity contribution in [3.8, 4) is 11.6 Å². The minimum atomic E-state index is -3.88. The molecule has 0 radical (unpaired) electrons. The highest BCUT2D eigenvalue weighted by Crippen LogP contribution is 2.28. The van der Waals surface area contributed by atoms with Gasteiger partial charge in [-0.05, 0) is 31.2 Å². The number of aromatic nitrogens is 1. The molecule has 6 heteroatoms. The number of benzene rings is 1. The molecule has 4 nitrogen and oxygen atoms in total. The van der Waals surface area contributed by atoms with Gasteiger partial charge in [-0.3, -0.25) is 0 Å². The highest BCUT2D eigenvalue weighted by molar-refractivity contribution is 8.13. The summed E-state index contributed by atoms with van der Waals surface area (Å²) in [5.74, 6) is 0.470. The number of ether oxygens (including phenoxy) is 1. The van der Waals surface area contributed by atoms with Gasteiger partial charge in [0.2, 0.25) is 5.88 Å². The predicted molar refractivity (Wildman–Crippen MR) is 68.5 cm³/mol. The average Bonchev–Trinajstić information content (AvgIpc) is 2.31. The van der Waals surface area contributed by atoms with Crippen LogP contribution < -0.4 is 4.74 Å². The summed E-state index contributed by atoms with van der Waals surface area (Å²) >= 11 is 0. The fraction of sp³-hybridized carbons (Fsp3) is 0.0833. The fourth-order valence-corrected chi connectivity index (χ4v) is 2.25. The van der Waals surface area contributed by atoms with Gasteiger partial charge in [0.1, 0.15) is 10.6 Å². The Hall–Kier alpha value is -1.59. The summed E-state index contributed by atoms with van der Waals surface area (Å²) in [5.41, 5.74) is 1.08. The zero-order valence-electron chi connectivity index (χ0n) is 9.50. The SMILES string of the molecule is Cc1ccc(Oc2ncccc2S(=O)(=O)Cl)cc1. The van der Waals surface area contributed by atoms with Crippen molar-refractivity contribution in [3.63, 3.8) is 0 Å². The molecule has 1 heterocycles. The maximum Gasteiger partial charge on any atom is 0.266 e. The molecule has 0 fully saturated rings. The van der Waals surface area contributed by atoms with Gasteiger partial charge in [-0.2, -0.15) is 0 Å². The lowest BCUT2D eigenvalue weighted by molar-refractivity contribution is 0.448. The van der Waals surface area contributed by atoms with Gasteiger partial charge in [0, 0.05) is 16.9 Å². The molecule has 1 aromatic carbocycles. The molecule has 0 aliphatic rings. The van der Waals surface area contributed by atoms with Gasteiger partial charge >= 0.3 is 0 Å². The molecule has 2 rings (SSSR count). The van der Waals surface area contributed by atoms with Gasteiger partial charge in [0.15, 0.2) is 0 Å². The number of halogens is 1. The van der Waals surface area contributed by atoms with E-state index in [1.54, 1.807) is 12.1 Å². The van der Waals surface area contributed by atoms with Crippen LogP contribution in [0, 0.1) is 6.92 Å². The minimum absolute atomic E-state index is 0.0312. The molecule has 0 aliphatic carbocycles. The fourth-order valence-electron chi connectivity index (χ4n) is 1.36. The Morgan fingerprint density at radius 2 is 1.83 bits per heavy atom. The van der Waals surface area contributed by atoms with Crippen LogP contribution in [0.25, 0.3) is 0 Å². The van der Waals surface area contributed by atoms with Crippen LogP contribution in [0.1, 0.15) is 5.56 Å². The van der Waals surface area contributed by atoms with Crippen molar-refractivity contribution in [1.82, 2.24) is 4.98 Å². The first-order valence-electron chi connectivity index (χ1n) is 5.11. The number of nitrogens with zero attached hydrogens (tertiary/aromatic N) is 1. The Bertz CT molecular complexity index is 653. The summed E-state index contributed by atoms with van der Waals surface area (Å²) in [6.45, 7) is 1.94. The van der Waals surface area contributed by atoms with Crippen LogP contribution in [0.4, 0.5) is 0 Å². The zero-order valence-corrected chi connectivity index (χ0v) is 11.1. The van der Waals surface area contributed by atoms with Gasteiger partial charge in [0.25, 0.3) is 9.05 Å². The molecular formula is C12H10ClNO3S. The lowest BCUT2D eigenvalue weighted by atomic mass is 10.2. The van der Waals surface area contributed by atoms with Crippen molar-refractivity contribution < 1.29 is 13.2 Å². The van der Waals surface area contributed by atoms with Crippen molar-refractivity contribution in [1.29, 1.82) is 0 Å². The zero-order chi connectivity index (χ0) is 13.2. The molecule has 0 aliphatic heterocycles. The molecule has 2 aromatic rings. The molecule has 1 aromatic heterocycles. The van der Waals surface area contributed by atoms with Crippen molar-refractivity contribution in [2.45, 2.75) is 11.8 Å². The summed E-state index contributed by atoms with van der Waals surface area (Å²) in [4.78, 5) is 3.73. The van der Waals surface area contributed by atoms with E-state index in [0.29, 0.717) is 5.75 Å². The first kappa shape index (κ1) is 12.9. The quantitative estimate of drug-likeness (QED) is 0.812. The number of pyridine rings is 1. The van der Waals surface area contributed by atoms with E-state index in [2.05, 4.69) is 4.98 Å². The minimum Gasteiger partial charge on any atom is -0.438 e. The average molecular weight is 284 g/mol. The van der Waals surface area contributed by atoms with E-state index in [1.165, 1.54) is 18.3 Å². The Morgan fingerprint density at radius 3 is 2.44 bits per heavy atom. The van der Waals surface area contributed by atoms with E-state index in [0.717, 1.165) is 5.56 Å². The van der Waals surface area contributed by atoms with E-state index in [-0.39, 0.29) is 10.8 Å². The van der Waals surface area contributed by atoms with E-state index >= 15 is 0 Å². The summed E-state index contributed by atoms with van der Waals surface area (Å²) in [6, 6.07) is 10.00. The highest BCUT2D eigenvalue weighted by atomic mass is 35.7. The summed E-state index contributed by atoms with van der Waals surface area (Å²) < 4.78 is 28.1. The van der Waals surface area contributed by atoms with Crippen molar-refractivity contribution in [3.05, 3.63) is 48.2 Å². The van der Waals surface area contributed by atoms with Crippen LogP contribution in [0.15, 0.2) is 47.5 Å². The van der Waals surface area contributed by atoms with Crippen LogP contribution in [-0.2, 0) is 9.05 Å². The molecule has 0 atom stereocenters. The smallest absolute Gasteiger partial charge is 0.266 e. The Morgan fingerprint density at radius 1 is 1.17 bits per heavy atom. The number of hydrogen-bond donors (Lipinski definition) is 0. The first-order chi connectivity index (χ1) is 8.47. The summed E-state index contributed by atoms with van der Waals surface area (Å²) in [5, 5.41) is 0. The van der Waals surface area contributed by atoms with E-state index in [9.17, 15) is 8.42 Å². The monoisotopic (exact) mass is 283 g/mol. The third-order valence-electron chi connectivity index (χ3n) is 2.23. The molecule has 0 N–H and O–H groups in total. The van der Waals surface area contributed by atoms with Gasteiger partial charge < -0.3 is 4.74 Å². The van der Waals surface area contributed by atoms with Crippen molar-refractivity contribution >= 4 is 19.7 Å². The van der Waals surface area contributed by atoms with Gasteiger partial charge in [-0.1, -0.05) is 17.7 Å². The van der Waals surface area contributed by atoms with Gasteiger partial charge in [-0.15, -0.1) is 0 Å². The van der Waals surface area contributed by atoms with Crippen molar-refractivity contribution in [2.75, 3.05) is 0 Å². The molecule has 0 unspecified atom stereocenters. The van der Waals surface area contributed by atoms with Gasteiger partial charge in [-0.25, -0.2) is 13.4 Å². The maximum atomic E-state index is 11.3. The third kappa shape index (κ3) is 3.00. The highest BCUT2D eigenvalue weighted by Gasteiger charge is 2.18. The molecule has 0 saturated carbocycles. The number of aryl methyl sites for hydroxylation is 1. The van der Waals surface area contributed by atoms with Crippen LogP contribution in [0.2, 0.25) is 0 Å². The lowest BCUT2D eigenvalue weighted by Crippen LogP contribution is -1.97. The Kier molecular flexibility index (Phi) is 3.54. The molecule has 0 amide bonds. The van der Waals surface area contributed by atoms with E-state index in [1.807, 2.05) is 19.1 Å². The van der Waals surface area contributed by atoms with Crippen molar-refractivity contribution in [2.24, 2.45) is 0 Å². The second-order valence-corrected chi connectivity index (χ2v) is 6.19. The summed E-state index contributed by atoms with van der Waals surface area (Å²) in [7, 11) is 1.43. The molecule has 94 valence electrons. The summed E-state index contributed by atoms with van der Waals surface area (Å²) in [6.07, 6.45) is 1.44. The van der Waals surface area contributed by atoms with Gasteiger partial charge in [0.05, 0.1) is 0 Å². The molecule has 0 bridgehead atoms. The topological polar surface area (TPSA) is 56.3 Å². The van der Waals surface area contributed by atoms with Crippen LogP contribution >= 0.6 is 10.7 Å². The third-order valence-corrected chi connectivity index (χ3v) is 3.57. The first-order valence-corrected chi connectivity index (χ1v) is 7.42. The van der Waals surface area contributed by atoms with E-state index in [4.69, 9.17) is 15.4 Å². The lowest BCUT2D eigenvalue weighted by Gasteiger charge is -2.07. The molecular weight excluding hydrogens is 274 g/mol. The predicted octanol–water partition coefficient (Wildman–Crippen LogP) is 3.11. The second kappa shape index (κ2) is 4.96. The molecule has 0 saturated heterocycles. The standard InChI is InChI=1S/C12H10ClNO3S/c1-9-4-6-10(7-5-9)17-12-11(18(13,15)16)3-2-8-14-12/h2-8H,1H3. The Balaban J connectivity index is 2.38. The van der Waals surface area contributed by atoms with Crippen LogP contribution in [0.5, 0.6) is 11.6 Å². The molecule has 18 heavy (non-hydrogen) atoms.